The standard InChI is InChI=1S/C23H25N3O2/c1-16-15-26(22-5-3-2-4-19(16)22)13-12-24-21-10-8-18-14-17(6-9-20(18)21)7-11-23(27)25-28/h2-7,9,11,14-15,21,24,28H,8,10,12-13H2,1H3,(H,25,27). The van der Waals surface area contributed by atoms with Crippen LogP contribution in [-0.2, 0) is 17.8 Å². The fraction of sp³-hybridized carbons (Fsp3) is 0.261. The van der Waals surface area contributed by atoms with Crippen molar-refractivity contribution in [2.24, 2.45) is 0 Å². The van der Waals surface area contributed by atoms with Crippen molar-refractivity contribution in [2.75, 3.05) is 6.54 Å². The Kier molecular flexibility index (Phi) is 5.28. The van der Waals surface area contributed by atoms with E-state index in [1.54, 1.807) is 11.6 Å². The van der Waals surface area contributed by atoms with Crippen molar-refractivity contribution in [3.05, 3.63) is 77.0 Å². The Morgan fingerprint density at radius 2 is 2.14 bits per heavy atom. The molecule has 0 spiro atoms. The number of amides is 1. The van der Waals surface area contributed by atoms with Crippen LogP contribution in [0.1, 0.15) is 34.7 Å². The summed E-state index contributed by atoms with van der Waals surface area (Å²) in [5, 5.41) is 13.6. The molecule has 0 saturated heterocycles. The fourth-order valence-corrected chi connectivity index (χ4v) is 4.14. The molecule has 0 bridgehead atoms. The van der Waals surface area contributed by atoms with Crippen LogP contribution >= 0.6 is 0 Å². The second-order valence-electron chi connectivity index (χ2n) is 7.34. The minimum absolute atomic E-state index is 0.372. The van der Waals surface area contributed by atoms with E-state index >= 15 is 0 Å². The van der Waals surface area contributed by atoms with Crippen molar-refractivity contribution in [3.8, 4) is 0 Å². The van der Waals surface area contributed by atoms with Crippen LogP contribution in [0, 0.1) is 6.92 Å². The average Bonchev–Trinajstić information content (AvgIpc) is 3.27. The lowest BCUT2D eigenvalue weighted by molar-refractivity contribution is -0.124. The number of hydroxylamine groups is 1. The highest BCUT2D eigenvalue weighted by atomic mass is 16.5. The molecule has 5 nitrogen and oxygen atoms in total. The molecule has 4 rings (SSSR count). The number of nitrogens with one attached hydrogen (secondary N) is 2. The SMILES string of the molecule is Cc1cn(CCNC2CCc3cc(C=CC(=O)NO)ccc32)c2ccccc12. The number of aryl methyl sites for hydroxylation is 2. The van der Waals surface area contributed by atoms with Gasteiger partial charge in [-0.3, -0.25) is 10.0 Å². The van der Waals surface area contributed by atoms with Crippen molar-refractivity contribution in [1.82, 2.24) is 15.4 Å². The van der Waals surface area contributed by atoms with Gasteiger partial charge in [-0.15, -0.1) is 0 Å². The van der Waals surface area contributed by atoms with Crippen molar-refractivity contribution >= 4 is 22.9 Å². The Morgan fingerprint density at radius 3 is 3.00 bits per heavy atom. The third-order valence-corrected chi connectivity index (χ3v) is 5.51. The lowest BCUT2D eigenvalue weighted by Crippen LogP contribution is -2.23. The molecule has 5 heteroatoms. The highest BCUT2D eigenvalue weighted by Crippen LogP contribution is 2.32. The number of rotatable bonds is 6. The predicted octanol–water partition coefficient (Wildman–Crippen LogP) is 3.75. The molecule has 1 unspecified atom stereocenters. The number of hydrogen-bond acceptors (Lipinski definition) is 3. The maximum absolute atomic E-state index is 11.1. The molecule has 3 aromatic rings. The Bertz CT molecular complexity index is 1040. The quantitative estimate of drug-likeness (QED) is 0.349. The number of carbonyl (C=O) groups is 1. The van der Waals surface area contributed by atoms with Crippen molar-refractivity contribution in [1.29, 1.82) is 0 Å². The van der Waals surface area contributed by atoms with E-state index < -0.39 is 5.91 Å². The zero-order valence-corrected chi connectivity index (χ0v) is 16.0. The minimum Gasteiger partial charge on any atom is -0.346 e. The van der Waals surface area contributed by atoms with E-state index in [-0.39, 0.29) is 0 Å². The van der Waals surface area contributed by atoms with E-state index in [0.29, 0.717) is 6.04 Å². The second-order valence-corrected chi connectivity index (χ2v) is 7.34. The largest absolute Gasteiger partial charge is 0.346 e. The highest BCUT2D eigenvalue weighted by molar-refractivity contribution is 5.90. The van der Waals surface area contributed by atoms with Crippen molar-refractivity contribution in [3.63, 3.8) is 0 Å². The number of nitrogens with zero attached hydrogens (tertiary/aromatic N) is 1. The van der Waals surface area contributed by atoms with Gasteiger partial charge < -0.3 is 9.88 Å². The van der Waals surface area contributed by atoms with Gasteiger partial charge >= 0.3 is 0 Å². The number of benzene rings is 2. The lowest BCUT2D eigenvalue weighted by Gasteiger charge is -2.15. The first-order valence-corrected chi connectivity index (χ1v) is 9.68. The average molecular weight is 375 g/mol. The number of aromatic nitrogens is 1. The van der Waals surface area contributed by atoms with Gasteiger partial charge in [0, 0.05) is 42.3 Å². The summed E-state index contributed by atoms with van der Waals surface area (Å²) in [7, 11) is 0. The highest BCUT2D eigenvalue weighted by Gasteiger charge is 2.21. The number of hydrogen-bond donors (Lipinski definition) is 3. The molecule has 1 atom stereocenters. The zero-order valence-electron chi connectivity index (χ0n) is 16.0. The van der Waals surface area contributed by atoms with Gasteiger partial charge in [0.15, 0.2) is 0 Å². The molecule has 3 N–H and O–H groups in total. The number of fused-ring (bicyclic) bond motifs is 2. The first-order valence-electron chi connectivity index (χ1n) is 9.68. The number of para-hydroxylation sites is 1. The number of carbonyl (C=O) groups excluding carboxylic acids is 1. The van der Waals surface area contributed by atoms with Crippen molar-refractivity contribution < 1.29 is 10.0 Å². The van der Waals surface area contributed by atoms with Gasteiger partial charge in [-0.2, -0.15) is 0 Å². The molecule has 1 aliphatic carbocycles. The lowest BCUT2D eigenvalue weighted by atomic mass is 10.0. The summed E-state index contributed by atoms with van der Waals surface area (Å²) in [5.41, 5.74) is 7.85. The normalized spacial score (nSPS) is 16.0. The fourth-order valence-electron chi connectivity index (χ4n) is 4.14. The molecule has 0 saturated carbocycles. The monoisotopic (exact) mass is 375 g/mol. The Balaban J connectivity index is 1.40. The molecule has 1 aliphatic rings. The molecule has 1 aromatic heterocycles. The minimum atomic E-state index is -0.521. The van der Waals surface area contributed by atoms with Gasteiger partial charge in [-0.1, -0.05) is 36.4 Å². The summed E-state index contributed by atoms with van der Waals surface area (Å²) < 4.78 is 2.33. The summed E-state index contributed by atoms with van der Waals surface area (Å²) in [6, 6.07) is 15.2. The molecular weight excluding hydrogens is 350 g/mol. The van der Waals surface area contributed by atoms with Gasteiger partial charge in [-0.05, 0) is 54.2 Å². The first kappa shape index (κ1) is 18.5. The maximum Gasteiger partial charge on any atom is 0.267 e. The van der Waals surface area contributed by atoms with E-state index in [9.17, 15) is 4.79 Å². The third kappa shape index (κ3) is 3.72. The molecule has 1 heterocycles. The van der Waals surface area contributed by atoms with Crippen molar-refractivity contribution in [2.45, 2.75) is 32.4 Å². The van der Waals surface area contributed by atoms with Gasteiger partial charge in [0.25, 0.3) is 5.91 Å². The molecule has 0 fully saturated rings. The Morgan fingerprint density at radius 1 is 1.29 bits per heavy atom. The summed E-state index contributed by atoms with van der Waals surface area (Å²) in [6.45, 7) is 4.02. The molecule has 1 amide bonds. The second kappa shape index (κ2) is 8.00. The van der Waals surface area contributed by atoms with Gasteiger partial charge in [-0.25, -0.2) is 5.48 Å². The van der Waals surface area contributed by atoms with Crippen LogP contribution in [0.3, 0.4) is 0 Å². The van der Waals surface area contributed by atoms with Crippen LogP contribution in [-0.4, -0.2) is 22.2 Å². The maximum atomic E-state index is 11.1. The van der Waals surface area contributed by atoms with Crippen LogP contribution in [0.15, 0.2) is 54.7 Å². The van der Waals surface area contributed by atoms with Gasteiger partial charge in [0.2, 0.25) is 0 Å². The molecular formula is C23H25N3O2. The molecule has 2 aromatic carbocycles. The van der Waals surface area contributed by atoms with Gasteiger partial charge in [0.1, 0.15) is 0 Å². The third-order valence-electron chi connectivity index (χ3n) is 5.51. The molecule has 144 valence electrons. The van der Waals surface area contributed by atoms with Crippen LogP contribution in [0.5, 0.6) is 0 Å². The molecule has 0 radical (unpaired) electrons. The van der Waals surface area contributed by atoms with E-state index in [0.717, 1.165) is 31.5 Å². The van der Waals surface area contributed by atoms with Gasteiger partial charge in [0.05, 0.1) is 0 Å². The van der Waals surface area contributed by atoms with Crippen LogP contribution in [0.4, 0.5) is 0 Å². The van der Waals surface area contributed by atoms with E-state index in [1.165, 1.54) is 33.7 Å². The summed E-state index contributed by atoms with van der Waals surface area (Å²) in [6.07, 6.45) is 7.40. The smallest absolute Gasteiger partial charge is 0.267 e. The first-order chi connectivity index (χ1) is 13.7. The van der Waals surface area contributed by atoms with Crippen LogP contribution in [0.25, 0.3) is 17.0 Å². The predicted molar refractivity (Wildman–Crippen MR) is 111 cm³/mol. The van der Waals surface area contributed by atoms with E-state index in [1.807, 2.05) is 6.07 Å². The topological polar surface area (TPSA) is 66.3 Å². The summed E-state index contributed by atoms with van der Waals surface area (Å²) in [5.74, 6) is -0.521. The molecule has 0 aliphatic heterocycles. The zero-order chi connectivity index (χ0) is 19.5. The Labute approximate surface area is 164 Å². The van der Waals surface area contributed by atoms with E-state index in [2.05, 4.69) is 59.4 Å². The van der Waals surface area contributed by atoms with Crippen LogP contribution < -0.4 is 10.8 Å². The van der Waals surface area contributed by atoms with E-state index in [4.69, 9.17) is 5.21 Å². The Hall–Kier alpha value is -2.89. The van der Waals surface area contributed by atoms with Crippen LogP contribution in [0.2, 0.25) is 0 Å². The summed E-state index contributed by atoms with van der Waals surface area (Å²) >= 11 is 0. The molecule has 28 heavy (non-hydrogen) atoms. The summed E-state index contributed by atoms with van der Waals surface area (Å²) in [4.78, 5) is 11.1.